The lowest BCUT2D eigenvalue weighted by Crippen LogP contribution is -2.49. The number of nitro groups is 1. The van der Waals surface area contributed by atoms with Gasteiger partial charge < -0.3 is 14.4 Å². The molecule has 0 aliphatic carbocycles. The third-order valence-corrected chi connectivity index (χ3v) is 4.80. The third kappa shape index (κ3) is 4.67. The quantitative estimate of drug-likeness (QED) is 0.538. The van der Waals surface area contributed by atoms with E-state index < -0.39 is 10.6 Å². The standard InChI is InChI=1S/C21H24N2O5/c1-21(2)22(20(24)13-8-16-6-4-3-5-7-16)18(15-28-21)14-27-19-11-9-17(10-12-19)23(25)26/h3-7,9-12,18H,8,13-15H2,1-2H3/t18-/m0/s1. The van der Waals surface area contributed by atoms with Crippen LogP contribution in [0.2, 0.25) is 0 Å². The van der Waals surface area contributed by atoms with Gasteiger partial charge in [-0.1, -0.05) is 30.3 Å². The van der Waals surface area contributed by atoms with Crippen molar-refractivity contribution >= 4 is 11.6 Å². The summed E-state index contributed by atoms with van der Waals surface area (Å²) >= 11 is 0. The molecule has 3 rings (SSSR count). The van der Waals surface area contributed by atoms with Gasteiger partial charge in [-0.25, -0.2) is 0 Å². The number of rotatable bonds is 7. The largest absolute Gasteiger partial charge is 0.491 e. The van der Waals surface area contributed by atoms with Gasteiger partial charge in [0.05, 0.1) is 17.6 Å². The van der Waals surface area contributed by atoms with Crippen molar-refractivity contribution in [2.75, 3.05) is 13.2 Å². The summed E-state index contributed by atoms with van der Waals surface area (Å²) in [6.07, 6.45) is 1.06. The van der Waals surface area contributed by atoms with Crippen molar-refractivity contribution in [3.63, 3.8) is 0 Å². The van der Waals surface area contributed by atoms with Crippen molar-refractivity contribution < 1.29 is 19.2 Å². The minimum absolute atomic E-state index is 0.00963. The van der Waals surface area contributed by atoms with Gasteiger partial charge >= 0.3 is 0 Å². The molecule has 7 heteroatoms. The fraction of sp³-hybridized carbons (Fsp3) is 0.381. The topological polar surface area (TPSA) is 81.9 Å². The number of benzene rings is 2. The normalized spacial score (nSPS) is 18.1. The number of carbonyl (C=O) groups is 1. The Morgan fingerprint density at radius 3 is 2.54 bits per heavy atom. The summed E-state index contributed by atoms with van der Waals surface area (Å²) in [4.78, 5) is 24.9. The zero-order valence-corrected chi connectivity index (χ0v) is 16.0. The van der Waals surface area contributed by atoms with E-state index in [2.05, 4.69) is 0 Å². The van der Waals surface area contributed by atoms with Crippen LogP contribution in [0.15, 0.2) is 54.6 Å². The van der Waals surface area contributed by atoms with E-state index in [1.807, 2.05) is 44.2 Å². The Labute approximate surface area is 164 Å². The van der Waals surface area contributed by atoms with Crippen LogP contribution in [0.5, 0.6) is 5.75 Å². The van der Waals surface area contributed by atoms with Crippen molar-refractivity contribution in [1.29, 1.82) is 0 Å². The van der Waals surface area contributed by atoms with E-state index in [4.69, 9.17) is 9.47 Å². The Balaban J connectivity index is 1.61. The second kappa shape index (κ2) is 8.39. The summed E-state index contributed by atoms with van der Waals surface area (Å²) in [6, 6.07) is 15.6. The summed E-state index contributed by atoms with van der Waals surface area (Å²) in [7, 11) is 0. The van der Waals surface area contributed by atoms with Gasteiger partial charge in [-0.3, -0.25) is 14.9 Å². The Hall–Kier alpha value is -2.93. The molecular formula is C21H24N2O5. The zero-order chi connectivity index (χ0) is 20.1. The summed E-state index contributed by atoms with van der Waals surface area (Å²) in [5.41, 5.74) is 0.430. The average Bonchev–Trinajstić information content (AvgIpc) is 3.00. The highest BCUT2D eigenvalue weighted by molar-refractivity contribution is 5.77. The lowest BCUT2D eigenvalue weighted by Gasteiger charge is -2.33. The first kappa shape index (κ1) is 19.8. The van der Waals surface area contributed by atoms with Gasteiger partial charge in [-0.15, -0.1) is 0 Å². The second-order valence-electron chi connectivity index (χ2n) is 7.22. The molecule has 1 saturated heterocycles. The molecule has 1 amide bonds. The molecule has 1 aliphatic rings. The molecule has 7 nitrogen and oxygen atoms in total. The molecule has 1 fully saturated rings. The van der Waals surface area contributed by atoms with Crippen LogP contribution in [-0.4, -0.2) is 40.7 Å². The van der Waals surface area contributed by atoms with Crippen LogP contribution in [0.4, 0.5) is 5.69 Å². The average molecular weight is 384 g/mol. The molecule has 28 heavy (non-hydrogen) atoms. The minimum Gasteiger partial charge on any atom is -0.491 e. The number of amides is 1. The fourth-order valence-corrected chi connectivity index (χ4v) is 3.38. The van der Waals surface area contributed by atoms with Crippen molar-refractivity contribution in [2.45, 2.75) is 38.5 Å². The predicted molar refractivity (Wildman–Crippen MR) is 104 cm³/mol. The summed E-state index contributed by atoms with van der Waals surface area (Å²) in [5.74, 6) is 0.538. The van der Waals surface area contributed by atoms with E-state index >= 15 is 0 Å². The number of aryl methyl sites for hydroxylation is 1. The minimum atomic E-state index is -0.697. The highest BCUT2D eigenvalue weighted by Crippen LogP contribution is 2.29. The molecule has 0 unspecified atom stereocenters. The van der Waals surface area contributed by atoms with Crippen LogP contribution in [0, 0.1) is 10.1 Å². The molecule has 2 aromatic rings. The maximum Gasteiger partial charge on any atom is 0.269 e. The van der Waals surface area contributed by atoms with Crippen LogP contribution in [0.1, 0.15) is 25.8 Å². The lowest BCUT2D eigenvalue weighted by molar-refractivity contribution is -0.384. The lowest BCUT2D eigenvalue weighted by atomic mass is 10.1. The molecule has 2 aromatic carbocycles. The molecule has 0 spiro atoms. The number of hydrogen-bond acceptors (Lipinski definition) is 5. The Kier molecular flexibility index (Phi) is 5.94. The van der Waals surface area contributed by atoms with E-state index in [0.29, 0.717) is 25.2 Å². The first-order valence-electron chi connectivity index (χ1n) is 9.24. The molecule has 0 N–H and O–H groups in total. The van der Waals surface area contributed by atoms with E-state index in [1.54, 1.807) is 17.0 Å². The molecule has 0 saturated carbocycles. The Morgan fingerprint density at radius 2 is 1.89 bits per heavy atom. The van der Waals surface area contributed by atoms with E-state index in [-0.39, 0.29) is 24.2 Å². The van der Waals surface area contributed by atoms with E-state index in [0.717, 1.165) is 5.56 Å². The van der Waals surface area contributed by atoms with Gasteiger partial charge in [0.25, 0.3) is 5.69 Å². The van der Waals surface area contributed by atoms with E-state index in [1.165, 1.54) is 12.1 Å². The van der Waals surface area contributed by atoms with Gasteiger partial charge in [0.15, 0.2) is 0 Å². The Morgan fingerprint density at radius 1 is 1.21 bits per heavy atom. The maximum atomic E-state index is 12.9. The van der Waals surface area contributed by atoms with Gasteiger partial charge in [-0.05, 0) is 38.0 Å². The summed E-state index contributed by atoms with van der Waals surface area (Å²) < 4.78 is 11.6. The molecule has 148 valence electrons. The van der Waals surface area contributed by atoms with Gasteiger partial charge in [0.2, 0.25) is 5.91 Å². The van der Waals surface area contributed by atoms with Gasteiger partial charge in [-0.2, -0.15) is 0 Å². The molecule has 1 aliphatic heterocycles. The van der Waals surface area contributed by atoms with Crippen molar-refractivity contribution in [2.24, 2.45) is 0 Å². The number of carbonyl (C=O) groups excluding carboxylic acids is 1. The summed E-state index contributed by atoms with van der Waals surface area (Å²) in [5, 5.41) is 10.7. The number of hydrogen-bond donors (Lipinski definition) is 0. The number of ether oxygens (including phenoxy) is 2. The number of nitrogens with zero attached hydrogens (tertiary/aromatic N) is 2. The van der Waals surface area contributed by atoms with Gasteiger partial charge in [0, 0.05) is 18.6 Å². The van der Waals surface area contributed by atoms with E-state index in [9.17, 15) is 14.9 Å². The first-order chi connectivity index (χ1) is 13.4. The smallest absolute Gasteiger partial charge is 0.269 e. The second-order valence-corrected chi connectivity index (χ2v) is 7.22. The SMILES string of the molecule is CC1(C)OC[C@H](COc2ccc([N+](=O)[O-])cc2)N1C(=O)CCc1ccccc1. The predicted octanol–water partition coefficient (Wildman–Crippen LogP) is 3.57. The van der Waals surface area contributed by atoms with Crippen LogP contribution in [0.3, 0.4) is 0 Å². The van der Waals surface area contributed by atoms with Crippen LogP contribution < -0.4 is 4.74 Å². The molecule has 0 aromatic heterocycles. The Bertz CT molecular complexity index is 820. The fourth-order valence-electron chi connectivity index (χ4n) is 3.38. The summed E-state index contributed by atoms with van der Waals surface area (Å²) in [6.45, 7) is 4.40. The number of non-ortho nitro benzene ring substituents is 1. The van der Waals surface area contributed by atoms with Crippen LogP contribution >= 0.6 is 0 Å². The van der Waals surface area contributed by atoms with Crippen molar-refractivity contribution in [3.05, 3.63) is 70.3 Å². The highest BCUT2D eigenvalue weighted by Gasteiger charge is 2.43. The third-order valence-electron chi connectivity index (χ3n) is 4.80. The van der Waals surface area contributed by atoms with Gasteiger partial charge in [0.1, 0.15) is 18.1 Å². The first-order valence-corrected chi connectivity index (χ1v) is 9.24. The molecule has 0 bridgehead atoms. The van der Waals surface area contributed by atoms with Crippen molar-refractivity contribution in [1.82, 2.24) is 4.90 Å². The molecular weight excluding hydrogens is 360 g/mol. The van der Waals surface area contributed by atoms with Crippen LogP contribution in [0.25, 0.3) is 0 Å². The maximum absolute atomic E-state index is 12.9. The zero-order valence-electron chi connectivity index (χ0n) is 16.0. The highest BCUT2D eigenvalue weighted by atomic mass is 16.6. The molecule has 1 atom stereocenters. The van der Waals surface area contributed by atoms with Crippen molar-refractivity contribution in [3.8, 4) is 5.75 Å². The number of nitro benzene ring substituents is 1. The molecule has 1 heterocycles. The van der Waals surface area contributed by atoms with Crippen LogP contribution in [-0.2, 0) is 16.0 Å². The molecule has 0 radical (unpaired) electrons. The monoisotopic (exact) mass is 384 g/mol.